The number of methoxy groups -OCH3 is 1. The highest BCUT2D eigenvalue weighted by atomic mass is 16.5. The summed E-state index contributed by atoms with van der Waals surface area (Å²) in [4.78, 5) is 35.2. The number of carbonyl (C=O) groups is 3. The van der Waals surface area contributed by atoms with Gasteiger partial charge in [0.25, 0.3) is 5.91 Å². The van der Waals surface area contributed by atoms with Crippen LogP contribution in [-0.2, 0) is 14.3 Å². The van der Waals surface area contributed by atoms with Crippen LogP contribution in [0.15, 0.2) is 48.5 Å². The predicted molar refractivity (Wildman–Crippen MR) is 97.2 cm³/mol. The minimum absolute atomic E-state index is 0.242. The second kappa shape index (κ2) is 8.80. The van der Waals surface area contributed by atoms with Crippen LogP contribution in [-0.4, -0.2) is 31.6 Å². The van der Waals surface area contributed by atoms with Crippen LogP contribution < -0.4 is 5.32 Å². The van der Waals surface area contributed by atoms with Crippen molar-refractivity contribution in [3.05, 3.63) is 65.2 Å². The van der Waals surface area contributed by atoms with E-state index in [0.29, 0.717) is 17.2 Å². The number of ether oxygens (including phenoxy) is 2. The third kappa shape index (κ3) is 5.17. The van der Waals surface area contributed by atoms with Gasteiger partial charge in [-0.15, -0.1) is 0 Å². The maximum absolute atomic E-state index is 12.0. The molecule has 136 valence electrons. The molecule has 0 aliphatic rings. The van der Waals surface area contributed by atoms with Crippen molar-refractivity contribution in [1.29, 1.82) is 0 Å². The molecule has 0 saturated carbocycles. The van der Waals surface area contributed by atoms with Crippen molar-refractivity contribution < 1.29 is 23.9 Å². The molecular weight excluding hydrogens is 334 g/mol. The molecule has 0 radical (unpaired) electrons. The molecule has 2 rings (SSSR count). The van der Waals surface area contributed by atoms with E-state index < -0.39 is 24.5 Å². The summed E-state index contributed by atoms with van der Waals surface area (Å²) >= 11 is 0. The smallest absolute Gasteiger partial charge is 0.338 e. The van der Waals surface area contributed by atoms with Crippen molar-refractivity contribution in [2.45, 2.75) is 19.8 Å². The normalized spacial score (nSPS) is 10.3. The second-order valence-electron chi connectivity index (χ2n) is 5.97. The lowest BCUT2D eigenvalue weighted by Gasteiger charge is -2.09. The largest absolute Gasteiger partial charge is 0.465 e. The molecule has 0 bridgehead atoms. The summed E-state index contributed by atoms with van der Waals surface area (Å²) in [7, 11) is 1.28. The van der Waals surface area contributed by atoms with E-state index in [-0.39, 0.29) is 5.56 Å². The first kappa shape index (κ1) is 19.2. The first-order valence-electron chi connectivity index (χ1n) is 8.16. The predicted octanol–water partition coefficient (Wildman–Crippen LogP) is 3.39. The Hall–Kier alpha value is -3.15. The Labute approximate surface area is 152 Å². The van der Waals surface area contributed by atoms with Crippen LogP contribution in [0.4, 0.5) is 5.69 Å². The van der Waals surface area contributed by atoms with Crippen molar-refractivity contribution in [3.8, 4) is 0 Å². The fourth-order valence-electron chi connectivity index (χ4n) is 2.22. The van der Waals surface area contributed by atoms with Gasteiger partial charge in [-0.05, 0) is 47.9 Å². The van der Waals surface area contributed by atoms with Gasteiger partial charge in [0, 0.05) is 5.69 Å². The van der Waals surface area contributed by atoms with Crippen LogP contribution in [0.5, 0.6) is 0 Å². The minimum Gasteiger partial charge on any atom is -0.465 e. The first-order chi connectivity index (χ1) is 12.4. The van der Waals surface area contributed by atoms with Crippen molar-refractivity contribution in [3.63, 3.8) is 0 Å². The van der Waals surface area contributed by atoms with E-state index in [1.165, 1.54) is 36.9 Å². The van der Waals surface area contributed by atoms with Crippen LogP contribution in [0.25, 0.3) is 0 Å². The molecule has 2 aromatic carbocycles. The zero-order valence-electron chi connectivity index (χ0n) is 14.9. The van der Waals surface area contributed by atoms with Crippen molar-refractivity contribution in [2.24, 2.45) is 0 Å². The number of hydrogen-bond donors (Lipinski definition) is 1. The highest BCUT2D eigenvalue weighted by molar-refractivity contribution is 5.96. The third-order valence-electron chi connectivity index (χ3n) is 3.74. The van der Waals surface area contributed by atoms with Gasteiger partial charge >= 0.3 is 11.9 Å². The third-order valence-corrected chi connectivity index (χ3v) is 3.74. The first-order valence-corrected chi connectivity index (χ1v) is 8.16. The number of amides is 1. The topological polar surface area (TPSA) is 81.7 Å². The van der Waals surface area contributed by atoms with E-state index in [1.54, 1.807) is 12.1 Å². The summed E-state index contributed by atoms with van der Waals surface area (Å²) in [6, 6.07) is 13.3. The van der Waals surface area contributed by atoms with E-state index in [1.807, 2.05) is 12.1 Å². The molecule has 0 aromatic heterocycles. The van der Waals surface area contributed by atoms with Gasteiger partial charge in [0.15, 0.2) is 6.61 Å². The van der Waals surface area contributed by atoms with Crippen LogP contribution in [0.1, 0.15) is 46.0 Å². The van der Waals surface area contributed by atoms with Crippen LogP contribution in [0, 0.1) is 0 Å². The van der Waals surface area contributed by atoms with Gasteiger partial charge in [-0.3, -0.25) is 4.79 Å². The molecular formula is C20H21NO5. The van der Waals surface area contributed by atoms with E-state index in [0.717, 1.165) is 0 Å². The van der Waals surface area contributed by atoms with E-state index in [4.69, 9.17) is 4.74 Å². The molecule has 0 unspecified atom stereocenters. The fourth-order valence-corrected chi connectivity index (χ4v) is 2.22. The van der Waals surface area contributed by atoms with Gasteiger partial charge in [-0.1, -0.05) is 26.0 Å². The van der Waals surface area contributed by atoms with Crippen molar-refractivity contribution >= 4 is 23.5 Å². The number of hydrogen-bond acceptors (Lipinski definition) is 5. The van der Waals surface area contributed by atoms with Gasteiger partial charge in [0.2, 0.25) is 0 Å². The lowest BCUT2D eigenvalue weighted by Crippen LogP contribution is -2.21. The van der Waals surface area contributed by atoms with Crippen LogP contribution >= 0.6 is 0 Å². The minimum atomic E-state index is -0.647. The fraction of sp³-hybridized carbons (Fsp3) is 0.250. The molecule has 0 atom stereocenters. The Morgan fingerprint density at radius 2 is 1.42 bits per heavy atom. The number of esters is 2. The zero-order chi connectivity index (χ0) is 19.1. The summed E-state index contributed by atoms with van der Waals surface area (Å²) in [5.74, 6) is -1.16. The van der Waals surface area contributed by atoms with Gasteiger partial charge in [-0.2, -0.15) is 0 Å². The standard InChI is InChI=1S/C20H21NO5/c1-13(2)14-8-10-17(11-9-14)21-18(22)12-26-20(24)16-6-4-15(5-7-16)19(23)25-3/h4-11,13H,12H2,1-3H3,(H,21,22). The Morgan fingerprint density at radius 3 is 1.92 bits per heavy atom. The monoisotopic (exact) mass is 355 g/mol. The summed E-state index contributed by atoms with van der Waals surface area (Å²) in [5.41, 5.74) is 2.38. The van der Waals surface area contributed by atoms with E-state index in [2.05, 4.69) is 23.9 Å². The molecule has 0 aliphatic carbocycles. The molecule has 0 aliphatic heterocycles. The van der Waals surface area contributed by atoms with Gasteiger partial charge < -0.3 is 14.8 Å². The highest BCUT2D eigenvalue weighted by Crippen LogP contribution is 2.17. The highest BCUT2D eigenvalue weighted by Gasteiger charge is 2.12. The van der Waals surface area contributed by atoms with Gasteiger partial charge in [0.05, 0.1) is 18.2 Å². The zero-order valence-corrected chi connectivity index (χ0v) is 14.9. The quantitative estimate of drug-likeness (QED) is 0.803. The molecule has 2 aromatic rings. The molecule has 6 nitrogen and oxygen atoms in total. The van der Waals surface area contributed by atoms with Crippen LogP contribution in [0.3, 0.4) is 0 Å². The number of nitrogens with one attached hydrogen (secondary N) is 1. The van der Waals surface area contributed by atoms with Crippen molar-refractivity contribution in [2.75, 3.05) is 19.0 Å². The molecule has 0 fully saturated rings. The molecule has 26 heavy (non-hydrogen) atoms. The average Bonchev–Trinajstić information content (AvgIpc) is 2.66. The summed E-state index contributed by atoms with van der Waals surface area (Å²) in [6.45, 7) is 3.78. The number of carbonyl (C=O) groups excluding carboxylic acids is 3. The second-order valence-corrected chi connectivity index (χ2v) is 5.97. The SMILES string of the molecule is COC(=O)c1ccc(C(=O)OCC(=O)Nc2ccc(C(C)C)cc2)cc1. The molecule has 0 spiro atoms. The number of benzene rings is 2. The van der Waals surface area contributed by atoms with Crippen molar-refractivity contribution in [1.82, 2.24) is 0 Å². The maximum Gasteiger partial charge on any atom is 0.338 e. The maximum atomic E-state index is 12.0. The molecule has 1 N–H and O–H groups in total. The Morgan fingerprint density at radius 1 is 0.885 bits per heavy atom. The summed E-state index contributed by atoms with van der Waals surface area (Å²) in [6.07, 6.45) is 0. The Kier molecular flexibility index (Phi) is 6.49. The van der Waals surface area contributed by atoms with Crippen LogP contribution in [0.2, 0.25) is 0 Å². The average molecular weight is 355 g/mol. The van der Waals surface area contributed by atoms with Gasteiger partial charge in [0.1, 0.15) is 0 Å². The summed E-state index contributed by atoms with van der Waals surface area (Å²) in [5, 5.41) is 2.67. The lowest BCUT2D eigenvalue weighted by atomic mass is 10.0. The molecule has 6 heteroatoms. The number of rotatable bonds is 6. The Bertz CT molecular complexity index is 779. The van der Waals surface area contributed by atoms with E-state index >= 15 is 0 Å². The van der Waals surface area contributed by atoms with E-state index in [9.17, 15) is 14.4 Å². The molecule has 0 heterocycles. The lowest BCUT2D eigenvalue weighted by molar-refractivity contribution is -0.119. The Balaban J connectivity index is 1.86. The molecule has 0 saturated heterocycles. The summed E-state index contributed by atoms with van der Waals surface area (Å²) < 4.78 is 9.57. The number of anilines is 1. The van der Waals surface area contributed by atoms with Gasteiger partial charge in [-0.25, -0.2) is 9.59 Å². The molecule has 1 amide bonds.